The van der Waals surface area contributed by atoms with E-state index in [1.54, 1.807) is 0 Å². The van der Waals surface area contributed by atoms with Gasteiger partial charge in [-0.05, 0) is 110 Å². The lowest BCUT2D eigenvalue weighted by Crippen LogP contribution is -2.64. The topological polar surface area (TPSA) is 530 Å². The minimum atomic E-state index is -2.35. The molecule has 542 valence electrons. The summed E-state index contributed by atoms with van der Waals surface area (Å²) in [4.78, 5) is 117. The first-order valence-corrected chi connectivity index (χ1v) is 32.4. The van der Waals surface area contributed by atoms with Gasteiger partial charge in [0, 0.05) is 34.7 Å². The molecule has 7 amide bonds. The molecule has 101 heavy (non-hydrogen) atoms. The molecule has 7 aliphatic rings. The molecular formula is C66H75Cl2N9O24. The van der Waals surface area contributed by atoms with Gasteiger partial charge in [0.05, 0.1) is 41.3 Å². The van der Waals surface area contributed by atoms with Crippen LogP contribution in [0.2, 0.25) is 10.0 Å². The van der Waals surface area contributed by atoms with E-state index in [0.29, 0.717) is 0 Å². The Labute approximate surface area is 584 Å². The van der Waals surface area contributed by atoms with E-state index in [4.69, 9.17) is 63.1 Å². The predicted octanol–water partition coefficient (Wildman–Crippen LogP) is 0.106. The third kappa shape index (κ3) is 15.8. The number of carbonyl (C=O) groups excluding carboxylic acids is 7. The second-order valence-electron chi connectivity index (χ2n) is 25.7. The standard InChI is InChI=1S/C66H75Cl2N9O24/c1-23(2)12-34(71-5)58(88)76-49-51(83)26-7-10-38(32(67)14-26)97-40-16-28-17-41(55(40)101-65-56(54(86)53(85)42(22-78)99-65)100-44-21-66(4,70)57(87)24(3)96-44)98-39-11-8-27(15-33(39)68)52(84)50-63(93)75-48(64(94)95)31-18-29(79)19-37(81)45(31)30-13-25(6-9-36(30)80)46(60(90)77-50)74-61(91)47(28)73-59(89)35(20-43(69)82)72-62(49)92/h6-11,13-19,23-24,34-35,42,44,46-54,56-57,65,71,78-81,83-87H,12,20-22,70H2,1-5H3,(H2,69,82)(H,72,92)(H,73,89)(H,74,91)(H,75,93)(H,76,88)(H,77,90)(H,94,95)/t24?,34-,35+,42?,44?,46+,47-,48+,49-,50+,51-,52-,53?,54?,56?,57?,65?,66?/m1/s1. The molecule has 9 unspecified atom stereocenters. The summed E-state index contributed by atoms with van der Waals surface area (Å²) in [5.74, 6) is -16.0. The lowest BCUT2D eigenvalue weighted by atomic mass is 9.86. The minimum absolute atomic E-state index is 0.0975. The number of nitrogens with one attached hydrogen (secondary N) is 7. The number of phenols is 3. The molecule has 0 aliphatic carbocycles. The van der Waals surface area contributed by atoms with Crippen molar-refractivity contribution in [3.05, 3.63) is 117 Å². The zero-order chi connectivity index (χ0) is 73.5. The monoisotopic (exact) mass is 1450 g/mol. The van der Waals surface area contributed by atoms with Crippen LogP contribution in [-0.2, 0) is 52.6 Å². The highest BCUT2D eigenvalue weighted by molar-refractivity contribution is 6.32. The molecule has 7 aliphatic heterocycles. The van der Waals surface area contributed by atoms with Crippen LogP contribution in [0.25, 0.3) is 11.1 Å². The van der Waals surface area contributed by atoms with Crippen LogP contribution in [0.3, 0.4) is 0 Å². The summed E-state index contributed by atoms with van der Waals surface area (Å²) < 4.78 is 38.3. The fourth-order valence-corrected chi connectivity index (χ4v) is 12.9. The Morgan fingerprint density at radius 1 is 0.713 bits per heavy atom. The molecule has 0 radical (unpaired) electrons. The van der Waals surface area contributed by atoms with Gasteiger partial charge in [0.1, 0.15) is 89.5 Å². The Morgan fingerprint density at radius 2 is 1.32 bits per heavy atom. The second-order valence-corrected chi connectivity index (χ2v) is 26.5. The number of carboxylic acids is 1. The van der Waals surface area contributed by atoms with Crippen LogP contribution in [0, 0.1) is 5.92 Å². The van der Waals surface area contributed by atoms with Crippen molar-refractivity contribution < 1.29 is 118 Å². The number of amides is 7. The van der Waals surface area contributed by atoms with Crippen LogP contribution in [0.1, 0.15) is 105 Å². The van der Waals surface area contributed by atoms with Crippen molar-refractivity contribution in [1.29, 1.82) is 0 Å². The molecule has 33 nitrogen and oxygen atoms in total. The van der Waals surface area contributed by atoms with E-state index in [2.05, 4.69) is 37.2 Å². The zero-order valence-corrected chi connectivity index (χ0v) is 55.8. The predicted molar refractivity (Wildman–Crippen MR) is 349 cm³/mol. The second kappa shape index (κ2) is 30.2. The summed E-state index contributed by atoms with van der Waals surface area (Å²) in [7, 11) is 1.47. The molecule has 11 bridgehead atoms. The van der Waals surface area contributed by atoms with Gasteiger partial charge in [0.2, 0.25) is 53.4 Å². The number of halogens is 2. The summed E-state index contributed by atoms with van der Waals surface area (Å²) >= 11 is 14.1. The zero-order valence-electron chi connectivity index (χ0n) is 54.3. The summed E-state index contributed by atoms with van der Waals surface area (Å²) in [5.41, 5.74) is 8.00. The highest BCUT2D eigenvalue weighted by Crippen LogP contribution is 2.50. The number of aromatic hydroxyl groups is 3. The quantitative estimate of drug-likeness (QED) is 0.0743. The molecule has 21 N–H and O–H groups in total. The van der Waals surface area contributed by atoms with E-state index in [1.165, 1.54) is 33.0 Å². The van der Waals surface area contributed by atoms with Crippen molar-refractivity contribution >= 4 is 70.5 Å². The lowest BCUT2D eigenvalue weighted by Gasteiger charge is -2.47. The number of aliphatic hydroxyl groups is 6. The fourth-order valence-electron chi connectivity index (χ4n) is 12.5. The number of phenolic OH excluding ortho intramolecular Hbond substituents is 3. The molecule has 5 aromatic rings. The SMILES string of the molecule is CN[C@H](CC(C)C)C(=O)N[C@H]1C(=O)N[C@@H](CC(N)=O)C(=O)N[C@H]2C(=O)N[C@@H]3C(=O)N[C@H](C(=O)N[C@H](C(=O)O)c4cc(O)cc(O)c4-c4cc3ccc4O)[C@H](O)c3ccc(c(Cl)c3)Oc3cc2cc(c3OC2OC(CO)C(O)C(O)C2OC2CC(C)(N)C(O)C(C)O2)Oc2ccc(cc2Cl)[C@H]1O. The Balaban J connectivity index is 1.24. The summed E-state index contributed by atoms with van der Waals surface area (Å²) in [5, 5.41) is 131. The number of rotatable bonds is 13. The van der Waals surface area contributed by atoms with Crippen molar-refractivity contribution in [2.75, 3.05) is 13.7 Å². The Bertz CT molecular complexity index is 4070. The smallest absolute Gasteiger partial charge is 0.330 e. The molecule has 2 fully saturated rings. The van der Waals surface area contributed by atoms with Gasteiger partial charge in [-0.3, -0.25) is 33.6 Å². The summed E-state index contributed by atoms with van der Waals surface area (Å²) in [6.45, 7) is 5.66. The molecule has 18 atom stereocenters. The Kier molecular flexibility index (Phi) is 22.2. The number of hydrogen-bond acceptors (Lipinski definition) is 25. The maximum absolute atomic E-state index is 16.0. The number of fused-ring (bicyclic) bond motifs is 15. The van der Waals surface area contributed by atoms with Gasteiger partial charge in [0.25, 0.3) is 0 Å². The number of likely N-dealkylation sites (N-methyl/N-ethyl adjacent to an activating group) is 1. The first-order valence-electron chi connectivity index (χ1n) is 31.6. The van der Waals surface area contributed by atoms with Crippen molar-refractivity contribution in [2.24, 2.45) is 17.4 Å². The van der Waals surface area contributed by atoms with Crippen molar-refractivity contribution in [3.63, 3.8) is 0 Å². The summed E-state index contributed by atoms with van der Waals surface area (Å²) in [6.07, 6.45) is -18.6. The van der Waals surface area contributed by atoms with Crippen LogP contribution >= 0.6 is 23.2 Å². The van der Waals surface area contributed by atoms with Crippen LogP contribution in [0.4, 0.5) is 0 Å². The fraction of sp³-hybridized carbons (Fsp3) is 0.424. The normalized spacial score (nSPS) is 29.4. The number of carboxylic acid groups (broad SMARTS) is 1. The van der Waals surface area contributed by atoms with Gasteiger partial charge >= 0.3 is 5.97 Å². The molecule has 12 rings (SSSR count). The van der Waals surface area contributed by atoms with Gasteiger partial charge in [-0.1, -0.05) is 55.2 Å². The largest absolute Gasteiger partial charge is 0.508 e. The first-order chi connectivity index (χ1) is 47.7. The van der Waals surface area contributed by atoms with Crippen LogP contribution in [-0.4, -0.2) is 191 Å². The number of ether oxygens (including phenoxy) is 6. The van der Waals surface area contributed by atoms with Gasteiger partial charge in [-0.25, -0.2) is 4.79 Å². The molecule has 35 heteroatoms. The van der Waals surface area contributed by atoms with Crippen molar-refractivity contribution in [2.45, 2.75) is 156 Å². The number of benzene rings is 5. The number of carbonyl (C=O) groups is 8. The average Bonchev–Trinajstić information content (AvgIpc) is 0.775. The lowest BCUT2D eigenvalue weighted by molar-refractivity contribution is -0.333. The average molecular weight is 1450 g/mol. The van der Waals surface area contributed by atoms with E-state index in [1.807, 2.05) is 13.8 Å². The van der Waals surface area contributed by atoms with E-state index in [-0.39, 0.29) is 46.2 Å². The van der Waals surface area contributed by atoms with Gasteiger partial charge in [-0.15, -0.1) is 0 Å². The number of hydrogen-bond donors (Lipinski definition) is 19. The Hall–Kier alpha value is -9.20. The number of aliphatic hydroxyl groups excluding tert-OH is 6. The van der Waals surface area contributed by atoms with Gasteiger partial charge in [-0.2, -0.15) is 0 Å². The van der Waals surface area contributed by atoms with Crippen molar-refractivity contribution in [1.82, 2.24) is 37.2 Å². The number of primary amides is 1. The minimum Gasteiger partial charge on any atom is -0.508 e. The molecule has 7 heterocycles. The van der Waals surface area contributed by atoms with Crippen LogP contribution in [0.15, 0.2) is 78.9 Å². The molecule has 0 aromatic heterocycles. The third-order valence-electron chi connectivity index (χ3n) is 17.8. The van der Waals surface area contributed by atoms with E-state index in [9.17, 15) is 75.0 Å². The highest BCUT2D eigenvalue weighted by atomic mass is 35.5. The number of aliphatic carboxylic acids is 1. The van der Waals surface area contributed by atoms with Crippen LogP contribution < -0.4 is 62.9 Å². The Morgan fingerprint density at radius 3 is 1.90 bits per heavy atom. The summed E-state index contributed by atoms with van der Waals surface area (Å²) in [6, 6.07) is -0.679. The molecular weight excluding hydrogens is 1370 g/mol. The van der Waals surface area contributed by atoms with E-state index < -0.39 is 237 Å². The van der Waals surface area contributed by atoms with E-state index in [0.717, 1.165) is 66.7 Å². The molecule has 2 saturated heterocycles. The molecule has 5 aromatic carbocycles. The van der Waals surface area contributed by atoms with E-state index >= 15 is 14.4 Å². The van der Waals surface area contributed by atoms with Crippen molar-refractivity contribution in [3.8, 4) is 57.1 Å². The first kappa shape index (κ1) is 74.5. The highest BCUT2D eigenvalue weighted by Gasteiger charge is 2.51. The third-order valence-corrected chi connectivity index (χ3v) is 18.4. The molecule has 0 spiro atoms. The van der Waals surface area contributed by atoms with Gasteiger partial charge < -0.3 is 128 Å². The molecule has 0 saturated carbocycles. The van der Waals surface area contributed by atoms with Gasteiger partial charge in [0.15, 0.2) is 29.9 Å². The van der Waals surface area contributed by atoms with Crippen LogP contribution in [0.5, 0.6) is 46.0 Å². The maximum atomic E-state index is 16.0. The number of nitrogens with two attached hydrogens (primary N) is 2. The maximum Gasteiger partial charge on any atom is 0.330 e.